The minimum atomic E-state index is -4.95. The Labute approximate surface area is 126 Å². The van der Waals surface area contributed by atoms with Gasteiger partial charge in [0.2, 0.25) is 0 Å². The molecule has 0 bridgehead atoms. The summed E-state index contributed by atoms with van der Waals surface area (Å²) in [5.74, 6) is -8.06. The summed E-state index contributed by atoms with van der Waals surface area (Å²) < 4.78 is 83.1. The predicted molar refractivity (Wildman–Crippen MR) is 64.9 cm³/mol. The summed E-state index contributed by atoms with van der Waals surface area (Å²) in [6, 6.07) is -2.37. The van der Waals surface area contributed by atoms with Crippen LogP contribution >= 0.6 is 11.6 Å². The Hall–Kier alpha value is -1.48. The third kappa shape index (κ3) is 3.64. The number of alkyl halides is 5. The lowest BCUT2D eigenvalue weighted by atomic mass is 9.98. The average Bonchev–Trinajstić information content (AvgIpc) is 2.39. The van der Waals surface area contributed by atoms with Crippen LogP contribution in [0.3, 0.4) is 0 Å². The zero-order valence-corrected chi connectivity index (χ0v) is 11.7. The molecule has 0 aromatic heterocycles. The number of esters is 1. The van der Waals surface area contributed by atoms with Crippen molar-refractivity contribution in [2.24, 2.45) is 5.73 Å². The smallest absolute Gasteiger partial charge is 0.416 e. The quantitative estimate of drug-likeness (QED) is 0.666. The molecule has 0 saturated heterocycles. The monoisotopic (exact) mass is 349 g/mol. The minimum absolute atomic E-state index is 0.0824. The van der Waals surface area contributed by atoms with E-state index in [-0.39, 0.29) is 12.1 Å². The summed E-state index contributed by atoms with van der Waals surface area (Å²) in [4.78, 5) is 11.1. The standard InChI is InChI=1S/C12H10ClF6NO2/c1-2-22-10(21)11(15,16)9(20)6-3-5(12(17,18)19)4-7(13)8(6)14/h3-4,9H,2,20H2,1H3/t9-/m0/s1. The fourth-order valence-corrected chi connectivity index (χ4v) is 1.78. The highest BCUT2D eigenvalue weighted by Crippen LogP contribution is 2.38. The molecule has 22 heavy (non-hydrogen) atoms. The summed E-state index contributed by atoms with van der Waals surface area (Å²) in [7, 11) is 0. The molecule has 1 aromatic rings. The first-order chi connectivity index (χ1) is 9.92. The number of hydrogen-bond donors (Lipinski definition) is 1. The molecule has 0 aliphatic carbocycles. The number of rotatable bonds is 4. The molecule has 0 radical (unpaired) electrons. The molecular formula is C12H10ClF6NO2. The maximum Gasteiger partial charge on any atom is 0.416 e. The van der Waals surface area contributed by atoms with E-state index in [1.807, 2.05) is 0 Å². The van der Waals surface area contributed by atoms with E-state index in [1.165, 1.54) is 6.92 Å². The summed E-state index contributed by atoms with van der Waals surface area (Å²) in [5, 5.41) is -1.04. The van der Waals surface area contributed by atoms with Crippen molar-refractivity contribution in [3.63, 3.8) is 0 Å². The third-order valence-corrected chi connectivity index (χ3v) is 2.93. The van der Waals surface area contributed by atoms with E-state index in [0.717, 1.165) is 0 Å². The average molecular weight is 350 g/mol. The first kappa shape index (κ1) is 18.6. The van der Waals surface area contributed by atoms with Crippen molar-refractivity contribution in [3.8, 4) is 0 Å². The Kier molecular flexibility index (Phi) is 5.34. The van der Waals surface area contributed by atoms with Crippen LogP contribution in [0, 0.1) is 5.82 Å². The highest BCUT2D eigenvalue weighted by Gasteiger charge is 2.49. The number of halogens is 7. The van der Waals surface area contributed by atoms with Crippen LogP contribution < -0.4 is 5.73 Å². The molecule has 0 aliphatic heterocycles. The Balaban J connectivity index is 3.36. The predicted octanol–water partition coefficient (Wildman–Crippen LogP) is 3.70. The topological polar surface area (TPSA) is 52.3 Å². The van der Waals surface area contributed by atoms with Gasteiger partial charge in [0, 0.05) is 5.56 Å². The van der Waals surface area contributed by atoms with E-state index >= 15 is 0 Å². The van der Waals surface area contributed by atoms with Gasteiger partial charge in [-0.2, -0.15) is 22.0 Å². The molecule has 0 unspecified atom stereocenters. The number of ether oxygens (including phenoxy) is 1. The van der Waals surface area contributed by atoms with Gasteiger partial charge in [0.15, 0.2) is 0 Å². The molecular weight excluding hydrogens is 340 g/mol. The number of hydrogen-bond acceptors (Lipinski definition) is 3. The van der Waals surface area contributed by atoms with Crippen LogP contribution in [-0.4, -0.2) is 18.5 Å². The van der Waals surface area contributed by atoms with Crippen molar-refractivity contribution in [2.45, 2.75) is 25.1 Å². The number of nitrogens with two attached hydrogens (primary N) is 1. The second-order valence-corrected chi connectivity index (χ2v) is 4.59. The highest BCUT2D eigenvalue weighted by molar-refractivity contribution is 6.30. The molecule has 0 saturated carbocycles. The first-order valence-corrected chi connectivity index (χ1v) is 6.17. The van der Waals surface area contributed by atoms with Crippen LogP contribution in [0.25, 0.3) is 0 Å². The molecule has 2 N–H and O–H groups in total. The minimum Gasteiger partial charge on any atom is -0.462 e. The molecule has 0 amide bonds. The first-order valence-electron chi connectivity index (χ1n) is 5.79. The Morgan fingerprint density at radius 3 is 2.32 bits per heavy atom. The maximum atomic E-state index is 13.7. The van der Waals surface area contributed by atoms with Crippen molar-refractivity contribution in [1.82, 2.24) is 0 Å². The summed E-state index contributed by atoms with van der Waals surface area (Å²) in [5.41, 5.74) is 2.36. The number of carbonyl (C=O) groups excluding carboxylic acids is 1. The molecule has 124 valence electrons. The van der Waals surface area contributed by atoms with Crippen LogP contribution in [0.5, 0.6) is 0 Å². The molecule has 1 rings (SSSR count). The molecule has 0 heterocycles. The normalized spacial score (nSPS) is 13.9. The van der Waals surface area contributed by atoms with Crippen LogP contribution in [0.1, 0.15) is 24.1 Å². The fraction of sp³-hybridized carbons (Fsp3) is 0.417. The Morgan fingerprint density at radius 1 is 1.32 bits per heavy atom. The van der Waals surface area contributed by atoms with E-state index in [1.54, 1.807) is 0 Å². The van der Waals surface area contributed by atoms with Crippen LogP contribution in [0.4, 0.5) is 26.3 Å². The van der Waals surface area contributed by atoms with Crippen LogP contribution in [0.15, 0.2) is 12.1 Å². The number of benzene rings is 1. The van der Waals surface area contributed by atoms with E-state index < -0.39 is 52.7 Å². The van der Waals surface area contributed by atoms with Gasteiger partial charge in [0.1, 0.15) is 11.9 Å². The number of carbonyl (C=O) groups is 1. The lowest BCUT2D eigenvalue weighted by Gasteiger charge is -2.23. The van der Waals surface area contributed by atoms with Crippen molar-refractivity contribution >= 4 is 17.6 Å². The van der Waals surface area contributed by atoms with E-state index in [4.69, 9.17) is 17.3 Å². The zero-order chi connectivity index (χ0) is 17.3. The summed E-state index contributed by atoms with van der Waals surface area (Å²) in [6.07, 6.45) is -4.95. The van der Waals surface area contributed by atoms with E-state index in [9.17, 15) is 31.1 Å². The summed E-state index contributed by atoms with van der Waals surface area (Å²) in [6.45, 7) is 0.828. The second-order valence-electron chi connectivity index (χ2n) is 4.18. The Morgan fingerprint density at radius 2 is 1.86 bits per heavy atom. The molecule has 10 heteroatoms. The van der Waals surface area contributed by atoms with Gasteiger partial charge in [0.05, 0.1) is 17.2 Å². The van der Waals surface area contributed by atoms with Gasteiger partial charge in [-0.3, -0.25) is 0 Å². The van der Waals surface area contributed by atoms with Crippen molar-refractivity contribution in [1.29, 1.82) is 0 Å². The van der Waals surface area contributed by atoms with E-state index in [2.05, 4.69) is 4.74 Å². The van der Waals surface area contributed by atoms with Crippen molar-refractivity contribution < 1.29 is 35.9 Å². The molecule has 0 spiro atoms. The molecule has 1 atom stereocenters. The third-order valence-electron chi connectivity index (χ3n) is 2.66. The van der Waals surface area contributed by atoms with Gasteiger partial charge >= 0.3 is 18.1 Å². The van der Waals surface area contributed by atoms with Gasteiger partial charge in [-0.05, 0) is 19.1 Å². The maximum absolute atomic E-state index is 13.7. The van der Waals surface area contributed by atoms with Crippen LogP contribution in [0.2, 0.25) is 5.02 Å². The van der Waals surface area contributed by atoms with Crippen molar-refractivity contribution in [2.75, 3.05) is 6.61 Å². The molecule has 1 aromatic carbocycles. The fourth-order valence-electron chi connectivity index (χ4n) is 1.55. The SMILES string of the molecule is CCOC(=O)C(F)(F)[C@@H](N)c1cc(C(F)(F)F)cc(Cl)c1F. The van der Waals surface area contributed by atoms with Gasteiger partial charge in [-0.15, -0.1) is 0 Å². The van der Waals surface area contributed by atoms with Gasteiger partial charge in [-0.1, -0.05) is 11.6 Å². The lowest BCUT2D eigenvalue weighted by molar-refractivity contribution is -0.174. The largest absolute Gasteiger partial charge is 0.462 e. The van der Waals surface area contributed by atoms with Gasteiger partial charge in [0.25, 0.3) is 0 Å². The van der Waals surface area contributed by atoms with Crippen LogP contribution in [-0.2, 0) is 15.7 Å². The molecule has 3 nitrogen and oxygen atoms in total. The second kappa shape index (κ2) is 6.33. The highest BCUT2D eigenvalue weighted by atomic mass is 35.5. The molecule has 0 fully saturated rings. The Bertz CT molecular complexity index is 575. The molecule has 0 aliphatic rings. The van der Waals surface area contributed by atoms with Gasteiger partial charge in [-0.25, -0.2) is 9.18 Å². The summed E-state index contributed by atoms with van der Waals surface area (Å²) >= 11 is 5.27. The lowest BCUT2D eigenvalue weighted by Crippen LogP contribution is -2.42. The zero-order valence-electron chi connectivity index (χ0n) is 11.0. The van der Waals surface area contributed by atoms with Crippen molar-refractivity contribution in [3.05, 3.63) is 34.1 Å². The van der Waals surface area contributed by atoms with Gasteiger partial charge < -0.3 is 10.5 Å². The van der Waals surface area contributed by atoms with E-state index in [0.29, 0.717) is 0 Å².